The van der Waals surface area contributed by atoms with Crippen molar-refractivity contribution < 1.29 is 0 Å². The van der Waals surface area contributed by atoms with E-state index in [1.807, 2.05) is 0 Å². The molecule has 0 saturated heterocycles. The number of unbranched alkanes of at least 4 members (excludes halogenated alkanes) is 3. The summed E-state index contributed by atoms with van der Waals surface area (Å²) in [5.41, 5.74) is 0. The van der Waals surface area contributed by atoms with Gasteiger partial charge >= 0.3 is 92.4 Å². The molecule has 18 heavy (non-hydrogen) atoms. The third-order valence-electron chi connectivity index (χ3n) is 3.55. The molecule has 0 fully saturated rings. The first-order chi connectivity index (χ1) is 8.85. The van der Waals surface area contributed by atoms with Crippen molar-refractivity contribution in [1.82, 2.24) is 0 Å². The third kappa shape index (κ3) is 12.7. The van der Waals surface area contributed by atoms with E-state index in [0.717, 1.165) is 6.42 Å². The van der Waals surface area contributed by atoms with Gasteiger partial charge in [-0.25, -0.2) is 0 Å². The molecule has 0 nitrogen and oxygen atoms in total. The van der Waals surface area contributed by atoms with Crippen molar-refractivity contribution in [3.05, 3.63) is 24.3 Å². The van der Waals surface area contributed by atoms with Crippen molar-refractivity contribution in [1.29, 1.82) is 0 Å². The van der Waals surface area contributed by atoms with Crippen LogP contribution < -0.4 is 0 Å². The Morgan fingerprint density at radius 3 is 1.33 bits per heavy atom. The molecule has 1 aliphatic rings. The molecule has 1 heteroatoms. The first-order valence-corrected chi connectivity index (χ1v) is 15.2. The van der Waals surface area contributed by atoms with Gasteiger partial charge in [0.25, 0.3) is 0 Å². The number of allylic oxidation sites excluding steroid dienone is 4. The Kier molecular flexibility index (Phi) is 15.6. The maximum absolute atomic E-state index is 2.34. The molecule has 1 aliphatic carbocycles. The fourth-order valence-electron chi connectivity index (χ4n) is 2.30. The number of hydrogen-bond acceptors (Lipinski definition) is 0. The Morgan fingerprint density at radius 2 is 1.11 bits per heavy atom. The van der Waals surface area contributed by atoms with E-state index in [4.69, 9.17) is 0 Å². The van der Waals surface area contributed by atoms with Gasteiger partial charge in [-0.1, -0.05) is 24.3 Å². The van der Waals surface area contributed by atoms with Gasteiger partial charge in [0.15, 0.2) is 0 Å². The number of hydrogen-bond donors (Lipinski definition) is 0. The predicted octanol–water partition coefficient (Wildman–Crippen LogP) is 6.12. The van der Waals surface area contributed by atoms with Gasteiger partial charge in [-0.2, -0.15) is 0 Å². The molecular weight excluding hydrogens is 323 g/mol. The van der Waals surface area contributed by atoms with Crippen LogP contribution in [0.4, 0.5) is 0 Å². The molecule has 0 atom stereocenters. The molecule has 0 aliphatic heterocycles. The zero-order chi connectivity index (χ0) is 13.5. The summed E-state index contributed by atoms with van der Waals surface area (Å²) in [5, 5.41) is 0. The summed E-state index contributed by atoms with van der Waals surface area (Å²) in [6, 6.07) is 0. The molecule has 0 aromatic heterocycles. The maximum atomic E-state index is 2.34. The van der Waals surface area contributed by atoms with E-state index in [1.165, 1.54) is 38.5 Å². The van der Waals surface area contributed by atoms with Crippen molar-refractivity contribution in [3.8, 4) is 0 Å². The van der Waals surface area contributed by atoms with E-state index >= 15 is 0 Å². The molecule has 106 valence electrons. The summed E-state index contributed by atoms with van der Waals surface area (Å²) < 4.78 is 5.08. The molecule has 0 bridgehead atoms. The van der Waals surface area contributed by atoms with E-state index < -0.39 is 19.8 Å². The molecule has 1 rings (SSSR count). The fraction of sp³-hybridized carbons (Fsp3) is 0.765. The SMILES string of the molecule is C1=CCC=C1.CCC[CH2][SnH]([CH2]CCC)[CH2]CCC. The average Bonchev–Trinajstić information content (AvgIpc) is 2.97. The Balaban J connectivity index is 0.000000473. The molecule has 0 unspecified atom stereocenters. The molecule has 0 N–H and O–H groups in total. The Hall–Kier alpha value is 0.279. The van der Waals surface area contributed by atoms with Crippen LogP contribution in [0.25, 0.3) is 0 Å². The van der Waals surface area contributed by atoms with E-state index in [9.17, 15) is 0 Å². The summed E-state index contributed by atoms with van der Waals surface area (Å²) in [4.78, 5) is 0. The Morgan fingerprint density at radius 1 is 0.722 bits per heavy atom. The first kappa shape index (κ1) is 18.3. The van der Waals surface area contributed by atoms with Crippen LogP contribution in [-0.2, 0) is 0 Å². The van der Waals surface area contributed by atoms with Gasteiger partial charge in [0.05, 0.1) is 0 Å². The Labute approximate surface area is 123 Å². The van der Waals surface area contributed by atoms with Crippen LogP contribution in [0, 0.1) is 0 Å². The predicted molar refractivity (Wildman–Crippen MR) is 89.2 cm³/mol. The third-order valence-corrected chi connectivity index (χ3v) is 14.0. The average molecular weight is 357 g/mol. The topological polar surface area (TPSA) is 0 Å². The molecule has 0 spiro atoms. The van der Waals surface area contributed by atoms with Gasteiger partial charge in [-0.15, -0.1) is 0 Å². The second kappa shape index (κ2) is 15.3. The van der Waals surface area contributed by atoms with Crippen LogP contribution in [0.5, 0.6) is 0 Å². The standard InChI is InChI=1S/C5H6.3C4H9.Sn.H/c1-2-4-5-3-1;3*1-3-4-2;;/h1-4H,5H2;3*1,3-4H2,2H3;;. The Bertz CT molecular complexity index is 177. The van der Waals surface area contributed by atoms with E-state index in [2.05, 4.69) is 45.1 Å². The van der Waals surface area contributed by atoms with Crippen LogP contribution >= 0.6 is 0 Å². The molecule has 0 radical (unpaired) electrons. The van der Waals surface area contributed by atoms with Gasteiger partial charge in [-0.3, -0.25) is 0 Å². The summed E-state index contributed by atoms with van der Waals surface area (Å²) >= 11 is -0.967. The number of rotatable bonds is 9. The normalized spacial score (nSPS) is 12.9. The molecule has 0 amide bonds. The zero-order valence-corrected chi connectivity index (χ0v) is 16.3. The van der Waals surface area contributed by atoms with E-state index in [1.54, 1.807) is 13.3 Å². The van der Waals surface area contributed by atoms with Gasteiger partial charge in [0, 0.05) is 0 Å². The van der Waals surface area contributed by atoms with Crippen LogP contribution in [0.15, 0.2) is 24.3 Å². The summed E-state index contributed by atoms with van der Waals surface area (Å²) in [7, 11) is 0. The zero-order valence-electron chi connectivity index (χ0n) is 13.0. The van der Waals surface area contributed by atoms with Gasteiger partial charge < -0.3 is 0 Å². The monoisotopic (exact) mass is 358 g/mol. The van der Waals surface area contributed by atoms with Crippen LogP contribution in [-0.4, -0.2) is 19.8 Å². The van der Waals surface area contributed by atoms with Gasteiger partial charge in [0.2, 0.25) is 0 Å². The molecule has 0 saturated carbocycles. The molecular formula is C17H34Sn. The quantitative estimate of drug-likeness (QED) is 0.437. The second-order valence-electron chi connectivity index (χ2n) is 5.38. The van der Waals surface area contributed by atoms with Crippen molar-refractivity contribution in [2.24, 2.45) is 0 Å². The van der Waals surface area contributed by atoms with Crippen LogP contribution in [0.1, 0.15) is 65.7 Å². The van der Waals surface area contributed by atoms with Crippen molar-refractivity contribution >= 4 is 19.8 Å². The van der Waals surface area contributed by atoms with Crippen molar-refractivity contribution in [2.45, 2.75) is 79.0 Å². The fourth-order valence-corrected chi connectivity index (χ4v) is 13.2. The minimum absolute atomic E-state index is 0.967. The van der Waals surface area contributed by atoms with Gasteiger partial charge in [0.1, 0.15) is 0 Å². The van der Waals surface area contributed by atoms with Crippen molar-refractivity contribution in [2.75, 3.05) is 0 Å². The first-order valence-electron chi connectivity index (χ1n) is 8.16. The molecule has 0 aromatic rings. The van der Waals surface area contributed by atoms with Gasteiger partial charge in [-0.05, 0) is 6.42 Å². The van der Waals surface area contributed by atoms with Crippen LogP contribution in [0.2, 0.25) is 13.3 Å². The van der Waals surface area contributed by atoms with Crippen LogP contribution in [0.3, 0.4) is 0 Å². The molecule has 0 aromatic carbocycles. The van der Waals surface area contributed by atoms with E-state index in [0.29, 0.717) is 0 Å². The summed E-state index contributed by atoms with van der Waals surface area (Å²) in [5.74, 6) is 0. The molecule has 0 heterocycles. The summed E-state index contributed by atoms with van der Waals surface area (Å²) in [6.07, 6.45) is 18.4. The van der Waals surface area contributed by atoms with E-state index in [-0.39, 0.29) is 0 Å². The summed E-state index contributed by atoms with van der Waals surface area (Å²) in [6.45, 7) is 7.01. The van der Waals surface area contributed by atoms with Crippen molar-refractivity contribution in [3.63, 3.8) is 0 Å². The minimum atomic E-state index is -0.967. The second-order valence-corrected chi connectivity index (χ2v) is 15.3.